The van der Waals surface area contributed by atoms with E-state index in [4.69, 9.17) is 5.73 Å². The van der Waals surface area contributed by atoms with Crippen LogP contribution >= 0.6 is 0 Å². The van der Waals surface area contributed by atoms with Crippen molar-refractivity contribution in [1.29, 1.82) is 0 Å². The molecule has 0 bridgehead atoms. The van der Waals surface area contributed by atoms with Crippen LogP contribution in [0.15, 0.2) is 18.2 Å². The third kappa shape index (κ3) is 2.64. The molecule has 0 aliphatic rings. The van der Waals surface area contributed by atoms with Gasteiger partial charge in [-0.05, 0) is 44.5 Å². The number of nitrogens with one attached hydrogen (secondary N) is 1. The van der Waals surface area contributed by atoms with E-state index >= 15 is 0 Å². The molecule has 78 valence electrons. The van der Waals surface area contributed by atoms with E-state index in [1.165, 1.54) is 0 Å². The van der Waals surface area contributed by atoms with Crippen LogP contribution in [0.4, 0.5) is 5.69 Å². The number of hydrogen-bond donors (Lipinski definition) is 3. The predicted octanol–water partition coefficient (Wildman–Crippen LogP) is 1.85. The molecule has 2 atom stereocenters. The van der Waals surface area contributed by atoms with Gasteiger partial charge in [-0.3, -0.25) is 0 Å². The number of benzene rings is 1. The second-order valence-corrected chi connectivity index (χ2v) is 3.79. The van der Waals surface area contributed by atoms with E-state index in [1.54, 1.807) is 12.1 Å². The standard InChI is InChI=1S/C11H18N2O/c1-7-6-10(14)4-5-11(7)13-9(3)8(2)12/h4-6,8-9,13-14H,12H2,1-3H3. The van der Waals surface area contributed by atoms with Crippen LogP contribution in [0.25, 0.3) is 0 Å². The van der Waals surface area contributed by atoms with E-state index in [0.29, 0.717) is 5.75 Å². The van der Waals surface area contributed by atoms with E-state index < -0.39 is 0 Å². The molecule has 1 rings (SSSR count). The van der Waals surface area contributed by atoms with Crippen LogP contribution in [0, 0.1) is 6.92 Å². The van der Waals surface area contributed by atoms with Gasteiger partial charge >= 0.3 is 0 Å². The van der Waals surface area contributed by atoms with Crippen LogP contribution in [-0.4, -0.2) is 17.2 Å². The first kappa shape index (κ1) is 10.9. The van der Waals surface area contributed by atoms with Crippen LogP contribution < -0.4 is 11.1 Å². The molecule has 2 unspecified atom stereocenters. The minimum Gasteiger partial charge on any atom is -0.508 e. The van der Waals surface area contributed by atoms with Gasteiger partial charge in [-0.1, -0.05) is 0 Å². The number of aryl methyl sites for hydroxylation is 1. The second-order valence-electron chi connectivity index (χ2n) is 3.79. The van der Waals surface area contributed by atoms with Crippen LogP contribution in [0.2, 0.25) is 0 Å². The zero-order chi connectivity index (χ0) is 10.7. The van der Waals surface area contributed by atoms with Crippen molar-refractivity contribution in [3.63, 3.8) is 0 Å². The van der Waals surface area contributed by atoms with Crippen molar-refractivity contribution in [3.8, 4) is 5.75 Å². The zero-order valence-corrected chi connectivity index (χ0v) is 8.91. The maximum absolute atomic E-state index is 9.23. The lowest BCUT2D eigenvalue weighted by Gasteiger charge is -2.20. The van der Waals surface area contributed by atoms with Crippen LogP contribution in [0.3, 0.4) is 0 Å². The van der Waals surface area contributed by atoms with Gasteiger partial charge < -0.3 is 16.2 Å². The highest BCUT2D eigenvalue weighted by atomic mass is 16.3. The Morgan fingerprint density at radius 1 is 1.36 bits per heavy atom. The third-order valence-corrected chi connectivity index (χ3v) is 2.38. The first-order chi connectivity index (χ1) is 6.50. The number of anilines is 1. The molecule has 0 aliphatic carbocycles. The summed E-state index contributed by atoms with van der Waals surface area (Å²) in [6, 6.07) is 5.59. The Balaban J connectivity index is 2.77. The molecule has 3 nitrogen and oxygen atoms in total. The molecule has 0 fully saturated rings. The van der Waals surface area contributed by atoms with Gasteiger partial charge in [0.2, 0.25) is 0 Å². The highest BCUT2D eigenvalue weighted by Crippen LogP contribution is 2.20. The molecular weight excluding hydrogens is 176 g/mol. The molecule has 1 aromatic rings. The number of phenols is 1. The summed E-state index contributed by atoms with van der Waals surface area (Å²) in [5, 5.41) is 12.5. The highest BCUT2D eigenvalue weighted by Gasteiger charge is 2.08. The van der Waals surface area contributed by atoms with E-state index in [9.17, 15) is 5.11 Å². The summed E-state index contributed by atoms with van der Waals surface area (Å²) >= 11 is 0. The van der Waals surface area contributed by atoms with Gasteiger partial charge in [0.05, 0.1) is 0 Å². The Morgan fingerprint density at radius 3 is 2.50 bits per heavy atom. The summed E-state index contributed by atoms with van der Waals surface area (Å²) in [7, 11) is 0. The smallest absolute Gasteiger partial charge is 0.115 e. The van der Waals surface area contributed by atoms with Crippen molar-refractivity contribution >= 4 is 5.69 Å². The lowest BCUT2D eigenvalue weighted by Crippen LogP contribution is -2.35. The monoisotopic (exact) mass is 194 g/mol. The number of hydrogen-bond acceptors (Lipinski definition) is 3. The van der Waals surface area contributed by atoms with Crippen molar-refractivity contribution in [2.24, 2.45) is 5.73 Å². The Labute approximate surface area is 84.9 Å². The van der Waals surface area contributed by atoms with Crippen molar-refractivity contribution < 1.29 is 5.11 Å². The third-order valence-electron chi connectivity index (χ3n) is 2.38. The zero-order valence-electron chi connectivity index (χ0n) is 8.91. The van der Waals surface area contributed by atoms with Crippen LogP contribution in [-0.2, 0) is 0 Å². The Bertz CT molecular complexity index is 310. The van der Waals surface area contributed by atoms with Gasteiger partial charge in [-0.25, -0.2) is 0 Å². The highest BCUT2D eigenvalue weighted by molar-refractivity contribution is 5.53. The molecule has 0 saturated carbocycles. The molecule has 0 amide bonds. The summed E-state index contributed by atoms with van der Waals surface area (Å²) in [6.07, 6.45) is 0. The van der Waals surface area contributed by atoms with Gasteiger partial charge in [0.25, 0.3) is 0 Å². The van der Waals surface area contributed by atoms with E-state index in [-0.39, 0.29) is 12.1 Å². The Hall–Kier alpha value is -1.22. The lowest BCUT2D eigenvalue weighted by molar-refractivity contribution is 0.475. The molecule has 0 spiro atoms. The first-order valence-electron chi connectivity index (χ1n) is 4.82. The summed E-state index contributed by atoms with van der Waals surface area (Å²) in [5.74, 6) is 0.293. The first-order valence-corrected chi connectivity index (χ1v) is 4.82. The largest absolute Gasteiger partial charge is 0.508 e. The molecule has 14 heavy (non-hydrogen) atoms. The van der Waals surface area contributed by atoms with Gasteiger partial charge in [0.1, 0.15) is 5.75 Å². The molecule has 0 saturated heterocycles. The van der Waals surface area contributed by atoms with Crippen LogP contribution in [0.1, 0.15) is 19.4 Å². The van der Waals surface area contributed by atoms with E-state index in [0.717, 1.165) is 11.3 Å². The van der Waals surface area contributed by atoms with Crippen molar-refractivity contribution in [2.45, 2.75) is 32.9 Å². The molecule has 0 heterocycles. The number of nitrogens with two attached hydrogens (primary N) is 1. The number of rotatable bonds is 3. The van der Waals surface area contributed by atoms with Gasteiger partial charge in [-0.2, -0.15) is 0 Å². The van der Waals surface area contributed by atoms with Crippen molar-refractivity contribution in [2.75, 3.05) is 5.32 Å². The minimum atomic E-state index is 0.100. The molecule has 0 aliphatic heterocycles. The van der Waals surface area contributed by atoms with E-state index in [1.807, 2.05) is 26.8 Å². The fraction of sp³-hybridized carbons (Fsp3) is 0.455. The maximum atomic E-state index is 9.23. The molecule has 4 N–H and O–H groups in total. The predicted molar refractivity (Wildman–Crippen MR) is 59.6 cm³/mol. The molecule has 1 aromatic carbocycles. The molecule has 3 heteroatoms. The Kier molecular flexibility index (Phi) is 3.36. The van der Waals surface area contributed by atoms with Gasteiger partial charge in [-0.15, -0.1) is 0 Å². The second kappa shape index (κ2) is 4.33. The molecule has 0 radical (unpaired) electrons. The number of phenolic OH excluding ortho intramolecular Hbond substituents is 1. The molecule has 0 aromatic heterocycles. The normalized spacial score (nSPS) is 14.9. The van der Waals surface area contributed by atoms with Crippen LogP contribution in [0.5, 0.6) is 5.75 Å². The fourth-order valence-corrected chi connectivity index (χ4v) is 1.19. The van der Waals surface area contributed by atoms with E-state index in [2.05, 4.69) is 5.32 Å². The summed E-state index contributed by atoms with van der Waals surface area (Å²) in [6.45, 7) is 5.96. The number of aromatic hydroxyl groups is 1. The SMILES string of the molecule is Cc1cc(O)ccc1NC(C)C(C)N. The topological polar surface area (TPSA) is 58.3 Å². The maximum Gasteiger partial charge on any atom is 0.115 e. The van der Waals surface area contributed by atoms with Crippen molar-refractivity contribution in [3.05, 3.63) is 23.8 Å². The lowest BCUT2D eigenvalue weighted by atomic mass is 10.1. The van der Waals surface area contributed by atoms with Gasteiger partial charge in [0.15, 0.2) is 0 Å². The minimum absolute atomic E-state index is 0.100. The quantitative estimate of drug-likeness (QED) is 0.643. The summed E-state index contributed by atoms with van der Waals surface area (Å²) < 4.78 is 0. The average molecular weight is 194 g/mol. The van der Waals surface area contributed by atoms with Gasteiger partial charge in [0, 0.05) is 17.8 Å². The Morgan fingerprint density at radius 2 is 2.00 bits per heavy atom. The fourth-order valence-electron chi connectivity index (χ4n) is 1.19. The molecular formula is C11H18N2O. The van der Waals surface area contributed by atoms with Crippen molar-refractivity contribution in [1.82, 2.24) is 0 Å². The average Bonchev–Trinajstić information content (AvgIpc) is 2.09. The summed E-state index contributed by atoms with van der Waals surface area (Å²) in [5.41, 5.74) is 7.80. The summed E-state index contributed by atoms with van der Waals surface area (Å²) in [4.78, 5) is 0.